The SMILES string of the molecule is CCOC(=O)c1nc(Br)n2c1OC=CC2. The van der Waals surface area contributed by atoms with Gasteiger partial charge in [0.2, 0.25) is 11.6 Å². The Morgan fingerprint density at radius 3 is 3.33 bits per heavy atom. The van der Waals surface area contributed by atoms with E-state index in [1.54, 1.807) is 11.5 Å². The largest absolute Gasteiger partial charge is 0.461 e. The molecule has 1 aliphatic rings. The minimum Gasteiger partial charge on any atom is -0.461 e. The Kier molecular flexibility index (Phi) is 2.77. The van der Waals surface area contributed by atoms with E-state index in [1.807, 2.05) is 6.08 Å². The molecule has 0 bridgehead atoms. The zero-order chi connectivity index (χ0) is 10.8. The van der Waals surface area contributed by atoms with Gasteiger partial charge in [0.05, 0.1) is 12.9 Å². The molecule has 0 spiro atoms. The van der Waals surface area contributed by atoms with Gasteiger partial charge < -0.3 is 9.47 Å². The number of imidazole rings is 1. The molecule has 2 heterocycles. The van der Waals surface area contributed by atoms with Crippen LogP contribution in [0.4, 0.5) is 0 Å². The molecular formula is C9H9BrN2O3. The Morgan fingerprint density at radius 1 is 1.80 bits per heavy atom. The van der Waals surface area contributed by atoms with Crippen LogP contribution >= 0.6 is 15.9 Å². The van der Waals surface area contributed by atoms with Crippen molar-refractivity contribution in [2.45, 2.75) is 13.5 Å². The van der Waals surface area contributed by atoms with Crippen molar-refractivity contribution in [3.8, 4) is 5.88 Å². The van der Waals surface area contributed by atoms with Crippen LogP contribution in [0, 0.1) is 0 Å². The molecule has 0 unspecified atom stereocenters. The van der Waals surface area contributed by atoms with E-state index in [0.29, 0.717) is 23.8 Å². The van der Waals surface area contributed by atoms with Gasteiger partial charge in [-0.05, 0) is 28.9 Å². The molecule has 80 valence electrons. The number of carbonyl (C=O) groups excluding carboxylic acids is 1. The van der Waals surface area contributed by atoms with E-state index in [4.69, 9.17) is 9.47 Å². The number of esters is 1. The number of rotatable bonds is 2. The van der Waals surface area contributed by atoms with E-state index < -0.39 is 5.97 Å². The number of nitrogens with zero attached hydrogens (tertiary/aromatic N) is 2. The second-order valence-corrected chi connectivity index (χ2v) is 3.56. The van der Waals surface area contributed by atoms with Crippen LogP contribution in [0.1, 0.15) is 17.4 Å². The normalized spacial score (nSPS) is 13.2. The third-order valence-electron chi connectivity index (χ3n) is 1.91. The van der Waals surface area contributed by atoms with Crippen LogP contribution in [-0.4, -0.2) is 22.1 Å². The summed E-state index contributed by atoms with van der Waals surface area (Å²) in [7, 11) is 0. The van der Waals surface area contributed by atoms with Gasteiger partial charge in [0.15, 0.2) is 4.73 Å². The highest BCUT2D eigenvalue weighted by molar-refractivity contribution is 9.10. The predicted octanol–water partition coefficient (Wildman–Crippen LogP) is 1.73. The molecule has 0 atom stereocenters. The highest BCUT2D eigenvalue weighted by Gasteiger charge is 2.24. The molecule has 0 fully saturated rings. The van der Waals surface area contributed by atoms with Crippen molar-refractivity contribution in [3.63, 3.8) is 0 Å². The highest BCUT2D eigenvalue weighted by atomic mass is 79.9. The number of aromatic nitrogens is 2. The Hall–Kier alpha value is -1.30. The standard InChI is InChI=1S/C9H9BrN2O3/c1-2-14-8(13)6-7-12(9(10)11-6)4-3-5-15-7/h3,5H,2,4H2,1H3. The van der Waals surface area contributed by atoms with Gasteiger partial charge >= 0.3 is 5.97 Å². The maximum atomic E-state index is 11.5. The number of carbonyl (C=O) groups is 1. The van der Waals surface area contributed by atoms with Crippen LogP contribution in [0.5, 0.6) is 5.88 Å². The molecule has 0 saturated carbocycles. The molecule has 0 N–H and O–H groups in total. The zero-order valence-electron chi connectivity index (χ0n) is 8.07. The number of allylic oxidation sites excluding steroid dienone is 1. The number of hydrogen-bond acceptors (Lipinski definition) is 4. The second kappa shape index (κ2) is 4.06. The fourth-order valence-electron chi connectivity index (χ4n) is 1.28. The summed E-state index contributed by atoms with van der Waals surface area (Å²) in [6.07, 6.45) is 3.36. The minimum atomic E-state index is -0.470. The van der Waals surface area contributed by atoms with Crippen LogP contribution in [0.25, 0.3) is 0 Å². The average molecular weight is 273 g/mol. The Balaban J connectivity index is 2.38. The fraction of sp³-hybridized carbons (Fsp3) is 0.333. The van der Waals surface area contributed by atoms with Gasteiger partial charge in [0.1, 0.15) is 0 Å². The molecule has 1 aromatic rings. The number of halogens is 1. The predicted molar refractivity (Wildman–Crippen MR) is 55.7 cm³/mol. The quantitative estimate of drug-likeness (QED) is 0.770. The van der Waals surface area contributed by atoms with Gasteiger partial charge in [0.25, 0.3) is 0 Å². The topological polar surface area (TPSA) is 53.3 Å². The van der Waals surface area contributed by atoms with E-state index in [1.165, 1.54) is 6.26 Å². The molecule has 0 amide bonds. The summed E-state index contributed by atoms with van der Waals surface area (Å²) in [5.41, 5.74) is 0.202. The van der Waals surface area contributed by atoms with Crippen molar-refractivity contribution in [2.24, 2.45) is 0 Å². The lowest BCUT2D eigenvalue weighted by Crippen LogP contribution is -2.09. The maximum Gasteiger partial charge on any atom is 0.362 e. The average Bonchev–Trinajstić information content (AvgIpc) is 2.58. The second-order valence-electron chi connectivity index (χ2n) is 2.86. The number of ether oxygens (including phenoxy) is 2. The van der Waals surface area contributed by atoms with Crippen molar-refractivity contribution in [1.29, 1.82) is 0 Å². The Bertz CT molecular complexity index is 425. The Labute approximate surface area is 94.8 Å². The Morgan fingerprint density at radius 2 is 2.60 bits per heavy atom. The van der Waals surface area contributed by atoms with Gasteiger partial charge in [-0.1, -0.05) is 0 Å². The molecule has 15 heavy (non-hydrogen) atoms. The summed E-state index contributed by atoms with van der Waals surface area (Å²) in [5.74, 6) is -0.0509. The molecule has 0 saturated heterocycles. The monoisotopic (exact) mass is 272 g/mol. The van der Waals surface area contributed by atoms with Crippen molar-refractivity contribution >= 4 is 21.9 Å². The molecule has 0 radical (unpaired) electrons. The van der Waals surface area contributed by atoms with Crippen molar-refractivity contribution in [1.82, 2.24) is 9.55 Å². The van der Waals surface area contributed by atoms with Crippen LogP contribution in [0.2, 0.25) is 0 Å². The van der Waals surface area contributed by atoms with E-state index >= 15 is 0 Å². The van der Waals surface area contributed by atoms with Crippen LogP contribution in [0.15, 0.2) is 17.1 Å². The highest BCUT2D eigenvalue weighted by Crippen LogP contribution is 2.27. The molecular weight excluding hydrogens is 264 g/mol. The first-order chi connectivity index (χ1) is 7.24. The summed E-state index contributed by atoms with van der Waals surface area (Å²) in [6, 6.07) is 0. The summed E-state index contributed by atoms with van der Waals surface area (Å²) >= 11 is 3.25. The molecule has 0 aliphatic carbocycles. The van der Waals surface area contributed by atoms with Crippen molar-refractivity contribution in [3.05, 3.63) is 22.8 Å². The smallest absolute Gasteiger partial charge is 0.362 e. The summed E-state index contributed by atoms with van der Waals surface area (Å²) in [4.78, 5) is 15.6. The van der Waals surface area contributed by atoms with Gasteiger partial charge in [-0.25, -0.2) is 9.78 Å². The van der Waals surface area contributed by atoms with Gasteiger partial charge in [-0.15, -0.1) is 0 Å². The molecule has 1 aromatic heterocycles. The third kappa shape index (κ3) is 1.77. The lowest BCUT2D eigenvalue weighted by atomic mass is 10.4. The van der Waals surface area contributed by atoms with Gasteiger partial charge in [-0.2, -0.15) is 0 Å². The van der Waals surface area contributed by atoms with Crippen molar-refractivity contribution < 1.29 is 14.3 Å². The first kappa shape index (κ1) is 10.2. The number of hydrogen-bond donors (Lipinski definition) is 0. The summed E-state index contributed by atoms with van der Waals surface area (Å²) in [6.45, 7) is 2.69. The lowest BCUT2D eigenvalue weighted by molar-refractivity contribution is 0.0516. The van der Waals surface area contributed by atoms with Crippen molar-refractivity contribution in [2.75, 3.05) is 6.61 Å². The molecule has 1 aliphatic heterocycles. The maximum absolute atomic E-state index is 11.5. The van der Waals surface area contributed by atoms with E-state index in [2.05, 4.69) is 20.9 Å². The first-order valence-electron chi connectivity index (χ1n) is 4.49. The summed E-state index contributed by atoms with van der Waals surface area (Å²) < 4.78 is 12.4. The van der Waals surface area contributed by atoms with Gasteiger partial charge in [0, 0.05) is 6.54 Å². The van der Waals surface area contributed by atoms with E-state index in [-0.39, 0.29) is 5.69 Å². The molecule has 0 aromatic carbocycles. The minimum absolute atomic E-state index is 0.202. The molecule has 2 rings (SSSR count). The molecule has 6 heteroatoms. The van der Waals surface area contributed by atoms with E-state index in [9.17, 15) is 4.79 Å². The molecule has 5 nitrogen and oxygen atoms in total. The first-order valence-corrected chi connectivity index (χ1v) is 5.28. The van der Waals surface area contributed by atoms with Gasteiger partial charge in [-0.3, -0.25) is 4.57 Å². The zero-order valence-corrected chi connectivity index (χ0v) is 9.65. The third-order valence-corrected chi connectivity index (χ3v) is 2.51. The van der Waals surface area contributed by atoms with Crippen LogP contribution < -0.4 is 4.74 Å². The lowest BCUT2D eigenvalue weighted by Gasteiger charge is -2.10. The summed E-state index contributed by atoms with van der Waals surface area (Å²) in [5, 5.41) is 0. The number of fused-ring (bicyclic) bond motifs is 1. The van der Waals surface area contributed by atoms with Crippen LogP contribution in [-0.2, 0) is 11.3 Å². The fourth-order valence-corrected chi connectivity index (χ4v) is 1.77. The van der Waals surface area contributed by atoms with Crippen LogP contribution in [0.3, 0.4) is 0 Å². The van der Waals surface area contributed by atoms with E-state index in [0.717, 1.165) is 0 Å².